The van der Waals surface area contributed by atoms with E-state index in [1.165, 1.54) is 10.8 Å². The molecule has 1 fully saturated rings. The number of nitrogens with one attached hydrogen (secondary N) is 1. The lowest BCUT2D eigenvalue weighted by Crippen LogP contribution is -2.38. The van der Waals surface area contributed by atoms with Gasteiger partial charge in [-0.3, -0.25) is 9.88 Å². The molecule has 6 nitrogen and oxygen atoms in total. The highest BCUT2D eigenvalue weighted by Crippen LogP contribution is 2.33. The Kier molecular flexibility index (Phi) is 6.31. The van der Waals surface area contributed by atoms with Crippen molar-refractivity contribution in [1.82, 2.24) is 14.5 Å². The van der Waals surface area contributed by atoms with Crippen molar-refractivity contribution in [2.75, 3.05) is 44.7 Å². The summed E-state index contributed by atoms with van der Waals surface area (Å²) in [4.78, 5) is 6.61. The number of nitriles is 1. The molecule has 5 rings (SSSR count). The van der Waals surface area contributed by atoms with E-state index in [2.05, 4.69) is 81.4 Å². The molecule has 0 spiro atoms. The van der Waals surface area contributed by atoms with E-state index < -0.39 is 0 Å². The number of aromatic nitrogens is 2. The van der Waals surface area contributed by atoms with E-state index in [4.69, 9.17) is 4.74 Å². The number of aryl methyl sites for hydroxylation is 1. The monoisotopic (exact) mass is 451 g/mol. The van der Waals surface area contributed by atoms with Crippen molar-refractivity contribution >= 4 is 16.5 Å². The molecule has 2 aromatic heterocycles. The van der Waals surface area contributed by atoms with E-state index in [0.717, 1.165) is 73.2 Å². The van der Waals surface area contributed by atoms with E-state index in [1.807, 2.05) is 13.1 Å². The van der Waals surface area contributed by atoms with Crippen LogP contribution in [0.15, 0.2) is 60.9 Å². The number of hydrogen-bond acceptors (Lipinski definition) is 5. The van der Waals surface area contributed by atoms with Crippen LogP contribution in [0.2, 0.25) is 0 Å². The van der Waals surface area contributed by atoms with Crippen LogP contribution in [0.25, 0.3) is 33.3 Å². The molecule has 0 amide bonds. The molecule has 0 unspecified atom stereocenters. The molecule has 2 aromatic carbocycles. The molecule has 6 heteroatoms. The molecule has 3 heterocycles. The first-order valence-electron chi connectivity index (χ1n) is 11.7. The zero-order valence-electron chi connectivity index (χ0n) is 19.7. The lowest BCUT2D eigenvalue weighted by atomic mass is 10.0. The van der Waals surface area contributed by atoms with Crippen LogP contribution in [0, 0.1) is 18.3 Å². The number of anilines is 1. The highest BCUT2D eigenvalue weighted by Gasteiger charge is 2.15. The fourth-order valence-corrected chi connectivity index (χ4v) is 4.74. The van der Waals surface area contributed by atoms with Crippen LogP contribution < -0.4 is 5.32 Å². The van der Waals surface area contributed by atoms with Crippen molar-refractivity contribution < 1.29 is 4.74 Å². The van der Waals surface area contributed by atoms with Crippen molar-refractivity contribution in [3.05, 3.63) is 72.1 Å². The van der Waals surface area contributed by atoms with Gasteiger partial charge in [-0.1, -0.05) is 18.2 Å². The predicted octanol–water partition coefficient (Wildman–Crippen LogP) is 4.83. The molecule has 34 heavy (non-hydrogen) atoms. The number of rotatable bonds is 6. The van der Waals surface area contributed by atoms with Gasteiger partial charge < -0.3 is 14.6 Å². The number of pyridine rings is 1. The molecule has 0 atom stereocenters. The molecule has 1 saturated heterocycles. The van der Waals surface area contributed by atoms with Gasteiger partial charge in [0.05, 0.1) is 18.8 Å². The van der Waals surface area contributed by atoms with Crippen LogP contribution in [0.5, 0.6) is 0 Å². The normalized spacial score (nSPS) is 14.3. The predicted molar refractivity (Wildman–Crippen MR) is 137 cm³/mol. The molecule has 4 aromatic rings. The maximum atomic E-state index is 9.57. The Bertz CT molecular complexity index is 1360. The van der Waals surface area contributed by atoms with Crippen LogP contribution in [0.3, 0.4) is 0 Å². The molecule has 0 bridgehead atoms. The number of fused-ring (bicyclic) bond motifs is 1. The Balaban J connectivity index is 1.36. The minimum Gasteiger partial charge on any atom is -0.384 e. The van der Waals surface area contributed by atoms with Gasteiger partial charge in [0.2, 0.25) is 0 Å². The second-order valence-corrected chi connectivity index (χ2v) is 8.81. The number of morpholine rings is 1. The third kappa shape index (κ3) is 4.41. The lowest BCUT2D eigenvalue weighted by molar-refractivity contribution is 0.0398. The van der Waals surface area contributed by atoms with Crippen molar-refractivity contribution in [2.45, 2.75) is 6.92 Å². The van der Waals surface area contributed by atoms with E-state index in [0.29, 0.717) is 5.56 Å². The Labute approximate surface area is 200 Å². The molecule has 0 aliphatic carbocycles. The van der Waals surface area contributed by atoms with E-state index in [1.54, 1.807) is 6.20 Å². The molecular weight excluding hydrogens is 422 g/mol. The van der Waals surface area contributed by atoms with Crippen molar-refractivity contribution in [2.24, 2.45) is 7.05 Å². The van der Waals surface area contributed by atoms with Gasteiger partial charge in [0.25, 0.3) is 0 Å². The third-order valence-corrected chi connectivity index (χ3v) is 6.63. The lowest BCUT2D eigenvalue weighted by Gasteiger charge is -2.26. The Morgan fingerprint density at radius 1 is 1.00 bits per heavy atom. The summed E-state index contributed by atoms with van der Waals surface area (Å²) in [6, 6.07) is 19.6. The van der Waals surface area contributed by atoms with Crippen LogP contribution in [0.1, 0.15) is 11.1 Å². The van der Waals surface area contributed by atoms with Crippen LogP contribution in [0.4, 0.5) is 5.69 Å². The van der Waals surface area contributed by atoms with Crippen LogP contribution >= 0.6 is 0 Å². The Morgan fingerprint density at radius 3 is 2.59 bits per heavy atom. The maximum Gasteiger partial charge on any atom is 0.101 e. The van der Waals surface area contributed by atoms with Gasteiger partial charge in [-0.15, -0.1) is 0 Å². The summed E-state index contributed by atoms with van der Waals surface area (Å²) in [5.74, 6) is 0. The van der Waals surface area contributed by atoms with Gasteiger partial charge in [-0.05, 0) is 59.2 Å². The van der Waals surface area contributed by atoms with E-state index >= 15 is 0 Å². The third-order valence-electron chi connectivity index (χ3n) is 6.63. The smallest absolute Gasteiger partial charge is 0.101 e. The first-order chi connectivity index (χ1) is 16.6. The molecule has 0 radical (unpaired) electrons. The van der Waals surface area contributed by atoms with Gasteiger partial charge in [0.15, 0.2) is 0 Å². The highest BCUT2D eigenvalue weighted by molar-refractivity contribution is 5.90. The summed E-state index contributed by atoms with van der Waals surface area (Å²) in [5, 5.41) is 15.5. The molecule has 1 aliphatic rings. The SMILES string of the molecule is Cc1cncc(C#N)c1-c1ccc(-c2ccc3cc(NCCN4CCOCC4)ccc3c2)n1C. The standard InChI is InChI=1S/C28H29N5O/c1-20-18-30-19-24(17-29)28(20)27-8-7-26(32(27)2)23-4-3-22-16-25(6-5-21(22)15-23)31-9-10-33-11-13-34-14-12-33/h3-8,15-16,18-19,31H,9-14H2,1-2H3. The van der Waals surface area contributed by atoms with Crippen LogP contribution in [-0.4, -0.2) is 53.8 Å². The van der Waals surface area contributed by atoms with Gasteiger partial charge in [-0.2, -0.15) is 5.26 Å². The Hall–Kier alpha value is -3.66. The van der Waals surface area contributed by atoms with Crippen molar-refractivity contribution in [3.8, 4) is 28.6 Å². The van der Waals surface area contributed by atoms with Gasteiger partial charge in [-0.25, -0.2) is 0 Å². The Morgan fingerprint density at radius 2 is 1.76 bits per heavy atom. The second kappa shape index (κ2) is 9.68. The summed E-state index contributed by atoms with van der Waals surface area (Å²) >= 11 is 0. The molecule has 1 aliphatic heterocycles. The summed E-state index contributed by atoms with van der Waals surface area (Å²) in [6.07, 6.45) is 3.45. The maximum absolute atomic E-state index is 9.57. The first-order valence-corrected chi connectivity index (χ1v) is 11.7. The number of ether oxygens (including phenoxy) is 1. The van der Waals surface area contributed by atoms with Gasteiger partial charge in [0, 0.05) is 68.3 Å². The van der Waals surface area contributed by atoms with Crippen molar-refractivity contribution in [1.29, 1.82) is 5.26 Å². The summed E-state index contributed by atoms with van der Waals surface area (Å²) in [6.45, 7) is 7.66. The van der Waals surface area contributed by atoms with Gasteiger partial charge >= 0.3 is 0 Å². The van der Waals surface area contributed by atoms with Gasteiger partial charge in [0.1, 0.15) is 6.07 Å². The zero-order chi connectivity index (χ0) is 23.5. The highest BCUT2D eigenvalue weighted by atomic mass is 16.5. The summed E-state index contributed by atoms with van der Waals surface area (Å²) in [7, 11) is 2.05. The molecule has 1 N–H and O–H groups in total. The topological polar surface area (TPSA) is 66.1 Å². The minimum atomic E-state index is 0.597. The largest absolute Gasteiger partial charge is 0.384 e. The number of nitrogens with zero attached hydrogens (tertiary/aromatic N) is 4. The van der Waals surface area contributed by atoms with E-state index in [9.17, 15) is 5.26 Å². The first kappa shape index (κ1) is 22.1. The van der Waals surface area contributed by atoms with Crippen LogP contribution in [-0.2, 0) is 11.8 Å². The van der Waals surface area contributed by atoms with Crippen molar-refractivity contribution in [3.63, 3.8) is 0 Å². The summed E-state index contributed by atoms with van der Waals surface area (Å²) < 4.78 is 7.58. The summed E-state index contributed by atoms with van der Waals surface area (Å²) in [5.41, 5.74) is 6.97. The fourth-order valence-electron chi connectivity index (χ4n) is 4.74. The minimum absolute atomic E-state index is 0.597. The molecule has 0 saturated carbocycles. The average Bonchev–Trinajstić information content (AvgIpc) is 3.24. The molecular formula is C28H29N5O. The molecule has 172 valence electrons. The zero-order valence-corrected chi connectivity index (χ0v) is 19.7. The fraction of sp³-hybridized carbons (Fsp3) is 0.286. The number of hydrogen-bond donors (Lipinski definition) is 1. The second-order valence-electron chi connectivity index (χ2n) is 8.81. The van der Waals surface area contributed by atoms with E-state index in [-0.39, 0.29) is 0 Å². The average molecular weight is 452 g/mol. The quantitative estimate of drug-likeness (QED) is 0.455. The number of benzene rings is 2.